The van der Waals surface area contributed by atoms with Gasteiger partial charge in [0.1, 0.15) is 11.5 Å². The molecule has 0 aliphatic heterocycles. The number of benzene rings is 3. The van der Waals surface area contributed by atoms with Gasteiger partial charge in [-0.25, -0.2) is 4.98 Å². The van der Waals surface area contributed by atoms with E-state index in [1.807, 2.05) is 72.8 Å². The lowest BCUT2D eigenvalue weighted by Crippen LogP contribution is -2.35. The van der Waals surface area contributed by atoms with Crippen LogP contribution >= 0.6 is 0 Å². The van der Waals surface area contributed by atoms with E-state index >= 15 is 0 Å². The predicted molar refractivity (Wildman–Crippen MR) is 120 cm³/mol. The Morgan fingerprint density at radius 3 is 2.32 bits per heavy atom. The summed E-state index contributed by atoms with van der Waals surface area (Å²) in [5, 5.41) is 2.89. The van der Waals surface area contributed by atoms with Crippen LogP contribution in [0.4, 0.5) is 0 Å². The second-order valence-electron chi connectivity index (χ2n) is 7.09. The first-order valence-electron chi connectivity index (χ1n) is 10.0. The number of hydrogen-bond donors (Lipinski definition) is 1. The van der Waals surface area contributed by atoms with Crippen molar-refractivity contribution < 1.29 is 14.3 Å². The minimum absolute atomic E-state index is 0.180. The Kier molecular flexibility index (Phi) is 6.08. The van der Waals surface area contributed by atoms with Crippen LogP contribution in [0.5, 0.6) is 11.5 Å². The van der Waals surface area contributed by atoms with Crippen LogP contribution in [0.3, 0.4) is 0 Å². The van der Waals surface area contributed by atoms with Gasteiger partial charge >= 0.3 is 0 Å². The lowest BCUT2D eigenvalue weighted by molar-refractivity contribution is -0.127. The molecule has 0 saturated carbocycles. The zero-order chi connectivity index (χ0) is 21.6. The number of carbonyl (C=O) groups excluding carboxylic acids is 1. The van der Waals surface area contributed by atoms with Crippen molar-refractivity contribution in [3.8, 4) is 22.8 Å². The zero-order valence-electron chi connectivity index (χ0n) is 17.4. The molecule has 4 rings (SSSR count). The number of amides is 1. The summed E-state index contributed by atoms with van der Waals surface area (Å²) in [6.45, 7) is 2.15. The molecule has 0 aliphatic carbocycles. The summed E-state index contributed by atoms with van der Waals surface area (Å²) in [5.74, 6) is 1.22. The maximum Gasteiger partial charge on any atom is 0.261 e. The second kappa shape index (κ2) is 9.26. The van der Waals surface area contributed by atoms with Crippen molar-refractivity contribution >= 4 is 16.9 Å². The van der Waals surface area contributed by atoms with Crippen LogP contribution < -0.4 is 14.8 Å². The molecule has 1 aromatic heterocycles. The van der Waals surface area contributed by atoms with Crippen molar-refractivity contribution in [2.45, 2.75) is 19.6 Å². The van der Waals surface area contributed by atoms with Crippen LogP contribution in [0.2, 0.25) is 0 Å². The molecule has 4 aromatic rings. The number of ether oxygens (including phenoxy) is 2. The highest BCUT2D eigenvalue weighted by Crippen LogP contribution is 2.22. The van der Waals surface area contributed by atoms with E-state index in [1.54, 1.807) is 20.2 Å². The summed E-state index contributed by atoms with van der Waals surface area (Å²) in [6.07, 6.45) is 1.14. The maximum absolute atomic E-state index is 12.4. The Morgan fingerprint density at radius 2 is 1.61 bits per heavy atom. The number of carbonyl (C=O) groups is 1. The van der Waals surface area contributed by atoms with Crippen LogP contribution in [0.1, 0.15) is 12.5 Å². The fourth-order valence-corrected chi connectivity index (χ4v) is 3.13. The molecule has 1 heterocycles. The van der Waals surface area contributed by atoms with Gasteiger partial charge in [0.2, 0.25) is 0 Å². The van der Waals surface area contributed by atoms with E-state index in [4.69, 9.17) is 9.47 Å². The molecule has 1 amide bonds. The van der Waals surface area contributed by atoms with Crippen molar-refractivity contribution in [2.75, 3.05) is 7.11 Å². The van der Waals surface area contributed by atoms with Crippen LogP contribution in [-0.2, 0) is 11.3 Å². The van der Waals surface area contributed by atoms with E-state index in [1.165, 1.54) is 0 Å². The van der Waals surface area contributed by atoms with Gasteiger partial charge in [-0.2, -0.15) is 0 Å². The van der Waals surface area contributed by atoms with Crippen molar-refractivity contribution in [1.82, 2.24) is 15.3 Å². The number of hydrogen-bond acceptors (Lipinski definition) is 5. The molecule has 0 bridgehead atoms. The number of rotatable bonds is 7. The highest BCUT2D eigenvalue weighted by atomic mass is 16.5. The monoisotopic (exact) mass is 413 g/mol. The van der Waals surface area contributed by atoms with Gasteiger partial charge in [-0.05, 0) is 61.0 Å². The molecule has 0 fully saturated rings. The van der Waals surface area contributed by atoms with E-state index in [-0.39, 0.29) is 5.91 Å². The average Bonchev–Trinajstić information content (AvgIpc) is 2.83. The molecule has 0 aliphatic rings. The fraction of sp³-hybridized carbons (Fsp3) is 0.160. The van der Waals surface area contributed by atoms with E-state index < -0.39 is 6.10 Å². The van der Waals surface area contributed by atoms with Gasteiger partial charge in [0, 0.05) is 12.1 Å². The van der Waals surface area contributed by atoms with Gasteiger partial charge in [0.05, 0.1) is 30.0 Å². The molecular weight excluding hydrogens is 390 g/mol. The Labute approximate surface area is 180 Å². The summed E-state index contributed by atoms with van der Waals surface area (Å²) >= 11 is 0. The van der Waals surface area contributed by atoms with Gasteiger partial charge < -0.3 is 14.8 Å². The summed E-state index contributed by atoms with van der Waals surface area (Å²) in [7, 11) is 1.62. The molecule has 156 valence electrons. The lowest BCUT2D eigenvalue weighted by Gasteiger charge is -2.15. The van der Waals surface area contributed by atoms with Crippen molar-refractivity contribution in [3.63, 3.8) is 0 Å². The van der Waals surface area contributed by atoms with E-state index in [0.29, 0.717) is 12.3 Å². The molecule has 0 radical (unpaired) electrons. The standard InChI is InChI=1S/C25H23N3O3/c1-17(25(29)27-15-18-7-11-20(30-2)12-8-18)31-21-13-9-19(10-14-21)24-16-26-22-5-3-4-6-23(22)28-24/h3-14,16-17H,15H2,1-2H3,(H,27,29). The highest BCUT2D eigenvalue weighted by molar-refractivity contribution is 5.80. The smallest absolute Gasteiger partial charge is 0.261 e. The average molecular weight is 413 g/mol. The quantitative estimate of drug-likeness (QED) is 0.486. The van der Waals surface area contributed by atoms with Crippen LogP contribution in [0.15, 0.2) is 79.0 Å². The number of nitrogens with one attached hydrogen (secondary N) is 1. The number of para-hydroxylation sites is 2. The largest absolute Gasteiger partial charge is 0.497 e. The minimum atomic E-state index is -0.621. The lowest BCUT2D eigenvalue weighted by atomic mass is 10.1. The maximum atomic E-state index is 12.4. The zero-order valence-corrected chi connectivity index (χ0v) is 17.4. The molecule has 1 N–H and O–H groups in total. The van der Waals surface area contributed by atoms with Crippen molar-refractivity contribution in [2.24, 2.45) is 0 Å². The summed E-state index contributed by atoms with van der Waals surface area (Å²) < 4.78 is 10.9. The molecule has 31 heavy (non-hydrogen) atoms. The molecule has 0 saturated heterocycles. The Hall–Kier alpha value is -3.93. The summed E-state index contributed by atoms with van der Waals surface area (Å²) in [6, 6.07) is 22.8. The fourth-order valence-electron chi connectivity index (χ4n) is 3.13. The Balaban J connectivity index is 1.35. The molecule has 0 spiro atoms. The van der Waals surface area contributed by atoms with Crippen LogP contribution in [0.25, 0.3) is 22.3 Å². The third-order valence-corrected chi connectivity index (χ3v) is 4.91. The first-order valence-corrected chi connectivity index (χ1v) is 10.0. The number of fused-ring (bicyclic) bond motifs is 1. The van der Waals surface area contributed by atoms with E-state index in [9.17, 15) is 4.79 Å². The molecule has 1 atom stereocenters. The number of nitrogens with zero attached hydrogens (tertiary/aromatic N) is 2. The number of methoxy groups -OCH3 is 1. The van der Waals surface area contributed by atoms with Gasteiger partial charge in [0.25, 0.3) is 5.91 Å². The highest BCUT2D eigenvalue weighted by Gasteiger charge is 2.14. The molecule has 1 unspecified atom stereocenters. The second-order valence-corrected chi connectivity index (χ2v) is 7.09. The van der Waals surface area contributed by atoms with Gasteiger partial charge in [0.15, 0.2) is 6.10 Å². The predicted octanol–water partition coefficient (Wildman–Crippen LogP) is 4.39. The molecule has 3 aromatic carbocycles. The molecule has 6 nitrogen and oxygen atoms in total. The van der Waals surface area contributed by atoms with Crippen molar-refractivity contribution in [1.29, 1.82) is 0 Å². The first-order chi connectivity index (χ1) is 15.1. The Bertz CT molecular complexity index is 1170. The normalized spacial score (nSPS) is 11.7. The topological polar surface area (TPSA) is 73.3 Å². The van der Waals surface area contributed by atoms with E-state index in [0.717, 1.165) is 33.6 Å². The van der Waals surface area contributed by atoms with Gasteiger partial charge in [-0.3, -0.25) is 9.78 Å². The third-order valence-electron chi connectivity index (χ3n) is 4.91. The Morgan fingerprint density at radius 1 is 0.935 bits per heavy atom. The molecule has 6 heteroatoms. The van der Waals surface area contributed by atoms with Crippen LogP contribution in [-0.4, -0.2) is 29.1 Å². The minimum Gasteiger partial charge on any atom is -0.497 e. The molecular formula is C25H23N3O3. The van der Waals surface area contributed by atoms with Crippen molar-refractivity contribution in [3.05, 3.63) is 84.6 Å². The van der Waals surface area contributed by atoms with Gasteiger partial charge in [-0.15, -0.1) is 0 Å². The van der Waals surface area contributed by atoms with Crippen LogP contribution in [0, 0.1) is 0 Å². The summed E-state index contributed by atoms with van der Waals surface area (Å²) in [5.41, 5.74) is 4.42. The summed E-state index contributed by atoms with van der Waals surface area (Å²) in [4.78, 5) is 21.5. The van der Waals surface area contributed by atoms with E-state index in [2.05, 4.69) is 15.3 Å². The number of aromatic nitrogens is 2. The van der Waals surface area contributed by atoms with Gasteiger partial charge in [-0.1, -0.05) is 24.3 Å². The third kappa shape index (κ3) is 4.98. The first kappa shape index (κ1) is 20.3. The SMILES string of the molecule is COc1ccc(CNC(=O)C(C)Oc2ccc(-c3cnc4ccccc4n3)cc2)cc1.